The molecule has 156 valence electrons. The smallest absolute Gasteiger partial charge is 0.160 e. The molecule has 0 aliphatic rings. The number of hydrogen-bond donors (Lipinski definition) is 0. The van der Waals surface area contributed by atoms with E-state index in [2.05, 4.69) is 122 Å². The molecule has 0 radical (unpaired) electrons. The van der Waals surface area contributed by atoms with Gasteiger partial charge in [0.1, 0.15) is 0 Å². The lowest BCUT2D eigenvalue weighted by atomic mass is 9.98. The van der Waals surface area contributed by atoms with E-state index in [1.165, 1.54) is 27.1 Å². The van der Waals surface area contributed by atoms with Gasteiger partial charge >= 0.3 is 0 Å². The van der Waals surface area contributed by atoms with E-state index in [9.17, 15) is 0 Å². The molecule has 0 aliphatic heterocycles. The Hall–Kier alpha value is -4.30. The van der Waals surface area contributed by atoms with Crippen molar-refractivity contribution < 1.29 is 0 Å². The van der Waals surface area contributed by atoms with Crippen LogP contribution in [-0.2, 0) is 0 Å². The van der Waals surface area contributed by atoms with Gasteiger partial charge in [0.15, 0.2) is 5.82 Å². The Bertz CT molecular complexity index is 1510. The van der Waals surface area contributed by atoms with Crippen molar-refractivity contribution in [1.82, 2.24) is 9.97 Å². The van der Waals surface area contributed by atoms with Crippen LogP contribution < -0.4 is 0 Å². The van der Waals surface area contributed by atoms with Crippen molar-refractivity contribution in [1.29, 1.82) is 0 Å². The van der Waals surface area contributed by atoms with Gasteiger partial charge in [0.05, 0.1) is 11.4 Å². The predicted molar refractivity (Wildman–Crippen MR) is 138 cm³/mol. The highest BCUT2D eigenvalue weighted by Crippen LogP contribution is 2.34. The van der Waals surface area contributed by atoms with Crippen LogP contribution in [0, 0.1) is 6.92 Å². The van der Waals surface area contributed by atoms with Gasteiger partial charge in [-0.05, 0) is 34.5 Å². The minimum Gasteiger partial charge on any atom is -0.228 e. The second-order valence-electron chi connectivity index (χ2n) is 8.38. The summed E-state index contributed by atoms with van der Waals surface area (Å²) in [6.07, 6.45) is 0. The molecule has 0 bridgehead atoms. The Balaban J connectivity index is 1.64. The maximum Gasteiger partial charge on any atom is 0.160 e. The predicted octanol–water partition coefficient (Wildman–Crippen LogP) is 8.09. The zero-order valence-electron chi connectivity index (χ0n) is 18.4. The van der Waals surface area contributed by atoms with Crippen LogP contribution >= 0.6 is 0 Å². The second-order valence-corrected chi connectivity index (χ2v) is 8.38. The maximum atomic E-state index is 5.05. The highest BCUT2D eigenvalue weighted by Gasteiger charge is 2.14. The van der Waals surface area contributed by atoms with Crippen molar-refractivity contribution in [2.45, 2.75) is 6.92 Å². The fraction of sp³-hybridized carbons (Fsp3) is 0.0323. The van der Waals surface area contributed by atoms with Gasteiger partial charge in [-0.15, -0.1) is 0 Å². The monoisotopic (exact) mass is 422 g/mol. The molecule has 0 saturated heterocycles. The Labute approximate surface area is 193 Å². The van der Waals surface area contributed by atoms with E-state index >= 15 is 0 Å². The molecule has 0 amide bonds. The van der Waals surface area contributed by atoms with Crippen molar-refractivity contribution in [2.24, 2.45) is 0 Å². The van der Waals surface area contributed by atoms with E-state index in [4.69, 9.17) is 9.97 Å². The molecule has 6 aromatic rings. The number of rotatable bonds is 3. The summed E-state index contributed by atoms with van der Waals surface area (Å²) in [7, 11) is 0. The first-order valence-corrected chi connectivity index (χ1v) is 11.2. The first-order chi connectivity index (χ1) is 16.3. The molecule has 0 fully saturated rings. The Kier molecular flexibility index (Phi) is 4.70. The summed E-state index contributed by atoms with van der Waals surface area (Å²) in [6, 6.07) is 40.3. The van der Waals surface area contributed by atoms with Crippen LogP contribution in [-0.4, -0.2) is 9.97 Å². The number of aromatic nitrogens is 2. The Morgan fingerprint density at radius 1 is 0.485 bits per heavy atom. The number of hydrogen-bond acceptors (Lipinski definition) is 2. The van der Waals surface area contributed by atoms with E-state index in [0.717, 1.165) is 33.9 Å². The topological polar surface area (TPSA) is 25.8 Å². The molecular weight excluding hydrogens is 400 g/mol. The third kappa shape index (κ3) is 3.56. The van der Waals surface area contributed by atoms with Gasteiger partial charge in [-0.1, -0.05) is 115 Å². The van der Waals surface area contributed by atoms with Gasteiger partial charge < -0.3 is 0 Å². The molecule has 1 heterocycles. The average molecular weight is 423 g/mol. The normalized spacial score (nSPS) is 11.2. The number of nitrogens with zero attached hydrogens (tertiary/aromatic N) is 2. The van der Waals surface area contributed by atoms with Crippen LogP contribution in [0.1, 0.15) is 5.56 Å². The van der Waals surface area contributed by atoms with Crippen LogP contribution in [0.2, 0.25) is 0 Å². The second kappa shape index (κ2) is 7.99. The SMILES string of the molecule is Cc1ccc(-c2nc(-c3cccc4ccccc34)cc(-c3cccc4ccccc34)n2)cc1. The molecule has 5 aromatic carbocycles. The van der Waals surface area contributed by atoms with Crippen molar-refractivity contribution >= 4 is 21.5 Å². The first-order valence-electron chi connectivity index (χ1n) is 11.2. The fourth-order valence-corrected chi connectivity index (χ4v) is 4.45. The van der Waals surface area contributed by atoms with E-state index in [-0.39, 0.29) is 0 Å². The van der Waals surface area contributed by atoms with Gasteiger partial charge in [-0.2, -0.15) is 0 Å². The zero-order chi connectivity index (χ0) is 22.2. The van der Waals surface area contributed by atoms with Crippen LogP contribution in [0.5, 0.6) is 0 Å². The van der Waals surface area contributed by atoms with Crippen molar-refractivity contribution in [3.8, 4) is 33.9 Å². The Morgan fingerprint density at radius 2 is 0.970 bits per heavy atom. The number of fused-ring (bicyclic) bond motifs is 2. The summed E-state index contributed by atoms with van der Waals surface area (Å²) >= 11 is 0. The van der Waals surface area contributed by atoms with E-state index in [1.807, 2.05) is 0 Å². The molecule has 1 aromatic heterocycles. The summed E-state index contributed by atoms with van der Waals surface area (Å²) in [5, 5.41) is 4.80. The lowest BCUT2D eigenvalue weighted by Crippen LogP contribution is -1.97. The van der Waals surface area contributed by atoms with Crippen molar-refractivity contribution in [2.75, 3.05) is 0 Å². The van der Waals surface area contributed by atoms with Crippen LogP contribution in [0.4, 0.5) is 0 Å². The van der Waals surface area contributed by atoms with Gasteiger partial charge in [-0.3, -0.25) is 0 Å². The van der Waals surface area contributed by atoms with E-state index < -0.39 is 0 Å². The number of benzene rings is 5. The highest BCUT2D eigenvalue weighted by atomic mass is 14.9. The molecule has 0 spiro atoms. The van der Waals surface area contributed by atoms with Crippen LogP contribution in [0.3, 0.4) is 0 Å². The Morgan fingerprint density at radius 3 is 1.52 bits per heavy atom. The van der Waals surface area contributed by atoms with Crippen LogP contribution in [0.15, 0.2) is 115 Å². The summed E-state index contributed by atoms with van der Waals surface area (Å²) in [6.45, 7) is 2.10. The van der Waals surface area contributed by atoms with Crippen molar-refractivity contribution in [3.63, 3.8) is 0 Å². The molecule has 0 unspecified atom stereocenters. The molecule has 0 atom stereocenters. The third-order valence-corrected chi connectivity index (χ3v) is 6.17. The number of aryl methyl sites for hydroxylation is 1. The van der Waals surface area contributed by atoms with E-state index in [0.29, 0.717) is 0 Å². The summed E-state index contributed by atoms with van der Waals surface area (Å²) in [4.78, 5) is 10.1. The molecule has 0 N–H and O–H groups in total. The zero-order valence-corrected chi connectivity index (χ0v) is 18.4. The molecule has 33 heavy (non-hydrogen) atoms. The summed E-state index contributed by atoms with van der Waals surface area (Å²) in [5.74, 6) is 0.739. The molecule has 2 nitrogen and oxygen atoms in total. The lowest BCUT2D eigenvalue weighted by molar-refractivity contribution is 1.19. The molecule has 0 aliphatic carbocycles. The maximum absolute atomic E-state index is 5.05. The third-order valence-electron chi connectivity index (χ3n) is 6.17. The minimum atomic E-state index is 0.739. The highest BCUT2D eigenvalue weighted by molar-refractivity contribution is 5.99. The molecule has 2 heteroatoms. The summed E-state index contributed by atoms with van der Waals surface area (Å²) < 4.78 is 0. The van der Waals surface area contributed by atoms with Crippen molar-refractivity contribution in [3.05, 3.63) is 121 Å². The van der Waals surface area contributed by atoms with Gasteiger partial charge in [0.2, 0.25) is 0 Å². The quantitative estimate of drug-likeness (QED) is 0.288. The minimum absolute atomic E-state index is 0.739. The first kappa shape index (κ1) is 19.4. The van der Waals surface area contributed by atoms with Gasteiger partial charge in [0.25, 0.3) is 0 Å². The average Bonchev–Trinajstić information content (AvgIpc) is 2.88. The standard InChI is InChI=1S/C31H22N2/c1-21-16-18-24(19-17-21)31-32-29(27-14-6-10-22-8-2-4-12-25(22)27)20-30(33-31)28-15-7-11-23-9-3-5-13-26(23)28/h2-20H,1H3. The largest absolute Gasteiger partial charge is 0.228 e. The van der Waals surface area contributed by atoms with Crippen LogP contribution in [0.25, 0.3) is 55.4 Å². The lowest BCUT2D eigenvalue weighted by Gasteiger charge is -2.12. The summed E-state index contributed by atoms with van der Waals surface area (Å²) in [5.41, 5.74) is 6.33. The molecule has 6 rings (SSSR count). The molecular formula is C31H22N2. The fourth-order valence-electron chi connectivity index (χ4n) is 4.45. The van der Waals surface area contributed by atoms with Gasteiger partial charge in [0, 0.05) is 16.7 Å². The molecule has 0 saturated carbocycles. The van der Waals surface area contributed by atoms with Gasteiger partial charge in [-0.25, -0.2) is 9.97 Å². The van der Waals surface area contributed by atoms with E-state index in [1.54, 1.807) is 0 Å².